The minimum Gasteiger partial charge on any atom is -0.166 e. The molecule has 0 nitrogen and oxygen atoms in total. The van der Waals surface area contributed by atoms with Gasteiger partial charge in [-0.05, 0) is 22.5 Å². The molecule has 0 spiro atoms. The summed E-state index contributed by atoms with van der Waals surface area (Å²) in [5.74, 6) is 0. The Morgan fingerprint density at radius 1 is 1.13 bits per heavy atom. The topological polar surface area (TPSA) is 0 Å². The molecule has 0 bridgehead atoms. The predicted octanol–water partition coefficient (Wildman–Crippen LogP) is 5.96. The molecule has 15 heavy (non-hydrogen) atoms. The Labute approximate surface area is 103 Å². The normalized spacial score (nSPS) is 19.0. The Morgan fingerprint density at radius 2 is 1.60 bits per heavy atom. The lowest BCUT2D eigenvalue weighted by atomic mass is 10.1. The van der Waals surface area contributed by atoms with Gasteiger partial charge in [0.2, 0.25) is 0 Å². The molecule has 0 saturated carbocycles. The van der Waals surface area contributed by atoms with Crippen molar-refractivity contribution in [3.05, 3.63) is 0 Å². The van der Waals surface area contributed by atoms with Gasteiger partial charge < -0.3 is 0 Å². The maximum Gasteiger partial charge on any atom is 0.167 e. The van der Waals surface area contributed by atoms with Crippen LogP contribution < -0.4 is 0 Å². The minimum absolute atomic E-state index is 0.354. The molecule has 0 heterocycles. The summed E-state index contributed by atoms with van der Waals surface area (Å²) >= 11 is 7.13. The molecular weight excluding hydrogens is 220 g/mol. The number of hydrogen-bond acceptors (Lipinski definition) is 0. The van der Waals surface area contributed by atoms with Crippen molar-refractivity contribution < 1.29 is 0 Å². The van der Waals surface area contributed by atoms with Gasteiger partial charge in [-0.25, -0.2) is 0 Å². The molecule has 0 aliphatic carbocycles. The van der Waals surface area contributed by atoms with Gasteiger partial charge in [0.05, 0.1) is 0 Å². The summed E-state index contributed by atoms with van der Waals surface area (Å²) < 4.78 is 0. The first kappa shape index (κ1) is 15.5. The Kier molecular flexibility index (Phi) is 5.92. The zero-order valence-corrected chi connectivity index (χ0v) is 13.4. The second-order valence-electron chi connectivity index (χ2n) is 5.87. The van der Waals surface area contributed by atoms with Crippen LogP contribution in [-0.2, 0) is 0 Å². The van der Waals surface area contributed by atoms with Crippen LogP contribution in [0.5, 0.6) is 0 Å². The Balaban J connectivity index is 5.09. The van der Waals surface area contributed by atoms with E-state index >= 15 is 0 Å². The minimum atomic E-state index is -1.71. The summed E-state index contributed by atoms with van der Waals surface area (Å²) in [6.07, 6.45) is 3.74. The zero-order valence-electron chi connectivity index (χ0n) is 11.7. The first-order valence-electron chi connectivity index (χ1n) is 6.42. The van der Waals surface area contributed by atoms with Crippen molar-refractivity contribution in [3.8, 4) is 0 Å². The quantitative estimate of drug-likeness (QED) is 0.402. The van der Waals surface area contributed by atoms with Crippen molar-refractivity contribution in [1.29, 1.82) is 0 Å². The fraction of sp³-hybridized carbons (Fsp3) is 1.00. The predicted molar refractivity (Wildman–Crippen MR) is 75.4 cm³/mol. The smallest absolute Gasteiger partial charge is 0.166 e. The van der Waals surface area contributed by atoms with Crippen LogP contribution in [0, 0.1) is 0 Å². The Bertz CT molecular complexity index is 189. The summed E-state index contributed by atoms with van der Waals surface area (Å²) in [5, 5.41) is 0.354. The van der Waals surface area contributed by atoms with Crippen LogP contribution in [0.4, 0.5) is 0 Å². The van der Waals surface area contributed by atoms with E-state index in [2.05, 4.69) is 48.5 Å². The van der Waals surface area contributed by atoms with E-state index in [1.54, 1.807) is 0 Å². The highest BCUT2D eigenvalue weighted by atomic mass is 35.6. The third kappa shape index (κ3) is 3.00. The second-order valence-corrected chi connectivity index (χ2v) is 12.8. The van der Waals surface area contributed by atoms with Crippen LogP contribution in [0.25, 0.3) is 0 Å². The third-order valence-corrected chi connectivity index (χ3v) is 13.9. The van der Waals surface area contributed by atoms with Gasteiger partial charge in [-0.3, -0.25) is 0 Å². The lowest BCUT2D eigenvalue weighted by Crippen LogP contribution is -2.46. The number of halogens is 1. The highest BCUT2D eigenvalue weighted by molar-refractivity contribution is 7.23. The summed E-state index contributed by atoms with van der Waals surface area (Å²) in [6.45, 7) is 16.3. The lowest BCUT2D eigenvalue weighted by Gasteiger charge is -2.47. The van der Waals surface area contributed by atoms with Gasteiger partial charge in [-0.2, -0.15) is 11.1 Å². The fourth-order valence-electron chi connectivity index (χ4n) is 3.13. The lowest BCUT2D eigenvalue weighted by molar-refractivity contribution is 0.550. The first-order chi connectivity index (χ1) is 6.74. The zero-order chi connectivity index (χ0) is 12.3. The van der Waals surface area contributed by atoms with E-state index in [1.165, 1.54) is 19.3 Å². The van der Waals surface area contributed by atoms with Crippen molar-refractivity contribution >= 4 is 18.5 Å². The molecule has 0 rings (SSSR count). The van der Waals surface area contributed by atoms with Crippen LogP contribution in [0.15, 0.2) is 0 Å². The van der Waals surface area contributed by atoms with Crippen LogP contribution in [-0.4, -0.2) is 7.38 Å². The monoisotopic (exact) mass is 248 g/mol. The summed E-state index contributed by atoms with van der Waals surface area (Å²) in [6, 6.07) is 0. The van der Waals surface area contributed by atoms with E-state index in [9.17, 15) is 0 Å². The molecule has 2 atom stereocenters. The summed E-state index contributed by atoms with van der Waals surface area (Å²) in [5.41, 5.74) is 1.37. The second kappa shape index (κ2) is 5.72. The molecule has 0 fully saturated rings. The van der Waals surface area contributed by atoms with Gasteiger partial charge >= 0.3 is 0 Å². The number of hydrogen-bond donors (Lipinski definition) is 0. The van der Waals surface area contributed by atoms with Gasteiger partial charge in [0.15, 0.2) is 7.38 Å². The highest BCUT2D eigenvalue weighted by Crippen LogP contribution is 2.56. The molecule has 2 heteroatoms. The van der Waals surface area contributed by atoms with Crippen molar-refractivity contribution in [2.24, 2.45) is 0 Å². The SMILES string of the molecule is CCCC(C)(C)[Si](Cl)(C(C)C)C(C)CC. The first-order valence-corrected chi connectivity index (χ1v) is 9.59. The van der Waals surface area contributed by atoms with Gasteiger partial charge in [0, 0.05) is 0 Å². The molecule has 0 amide bonds. The van der Waals surface area contributed by atoms with Crippen LogP contribution in [0.3, 0.4) is 0 Å². The van der Waals surface area contributed by atoms with Crippen LogP contribution in [0.2, 0.25) is 16.1 Å². The van der Waals surface area contributed by atoms with Crippen LogP contribution >= 0.6 is 11.1 Å². The van der Waals surface area contributed by atoms with E-state index in [0.29, 0.717) is 16.1 Å². The maximum atomic E-state index is 7.13. The standard InChI is InChI=1S/C13H29ClSi/c1-8-10-13(6,7)15(14,11(3)4)12(5)9-2/h11-12H,8-10H2,1-7H3. The Hall–Kier alpha value is 0.507. The van der Waals surface area contributed by atoms with Crippen molar-refractivity contribution in [2.75, 3.05) is 0 Å². The summed E-state index contributed by atoms with van der Waals surface area (Å²) in [7, 11) is -1.71. The van der Waals surface area contributed by atoms with Crippen molar-refractivity contribution in [3.63, 3.8) is 0 Å². The molecule has 0 N–H and O–H groups in total. The molecule has 0 radical (unpaired) electrons. The van der Waals surface area contributed by atoms with Gasteiger partial charge in [0.25, 0.3) is 0 Å². The highest BCUT2D eigenvalue weighted by Gasteiger charge is 2.51. The number of rotatable bonds is 6. The van der Waals surface area contributed by atoms with Gasteiger partial charge in [-0.1, -0.05) is 61.3 Å². The van der Waals surface area contributed by atoms with Crippen molar-refractivity contribution in [2.45, 2.75) is 83.8 Å². The van der Waals surface area contributed by atoms with Gasteiger partial charge in [0.1, 0.15) is 0 Å². The third-order valence-electron chi connectivity index (χ3n) is 4.08. The average molecular weight is 249 g/mol. The van der Waals surface area contributed by atoms with Crippen molar-refractivity contribution in [1.82, 2.24) is 0 Å². The van der Waals surface area contributed by atoms with Gasteiger partial charge in [-0.15, -0.1) is 0 Å². The molecule has 92 valence electrons. The van der Waals surface area contributed by atoms with E-state index in [0.717, 1.165) is 0 Å². The molecule has 0 aliphatic rings. The summed E-state index contributed by atoms with van der Waals surface area (Å²) in [4.78, 5) is 0. The van der Waals surface area contributed by atoms with E-state index in [-0.39, 0.29) is 0 Å². The molecule has 0 aromatic heterocycles. The molecule has 2 unspecified atom stereocenters. The Morgan fingerprint density at radius 3 is 1.87 bits per heavy atom. The maximum absolute atomic E-state index is 7.13. The van der Waals surface area contributed by atoms with E-state index in [1.807, 2.05) is 0 Å². The largest absolute Gasteiger partial charge is 0.167 e. The molecule has 0 aromatic carbocycles. The fourth-order valence-corrected chi connectivity index (χ4v) is 9.14. The molecular formula is C13H29ClSi. The molecule has 0 saturated heterocycles. The molecule has 0 aromatic rings. The van der Waals surface area contributed by atoms with E-state index in [4.69, 9.17) is 11.1 Å². The molecule has 0 aliphatic heterocycles. The van der Waals surface area contributed by atoms with E-state index < -0.39 is 7.38 Å². The van der Waals surface area contributed by atoms with Crippen LogP contribution in [0.1, 0.15) is 67.7 Å². The average Bonchev–Trinajstić information content (AvgIpc) is 2.14.